The van der Waals surface area contributed by atoms with E-state index in [1.54, 1.807) is 27.0 Å². The predicted molar refractivity (Wildman–Crippen MR) is 108 cm³/mol. The molecule has 0 fully saturated rings. The van der Waals surface area contributed by atoms with Crippen LogP contribution in [-0.2, 0) is 4.74 Å². The predicted octanol–water partition coefficient (Wildman–Crippen LogP) is 4.22. The summed E-state index contributed by atoms with van der Waals surface area (Å²) in [5.74, 6) is 0.511. The highest BCUT2D eigenvalue weighted by molar-refractivity contribution is 7.20. The maximum absolute atomic E-state index is 12.5. The first-order valence-electron chi connectivity index (χ1n) is 8.16. The van der Waals surface area contributed by atoms with E-state index >= 15 is 0 Å². The Hall–Kier alpha value is -2.64. The summed E-state index contributed by atoms with van der Waals surface area (Å²) in [6, 6.07) is 7.30. The van der Waals surface area contributed by atoms with Gasteiger partial charge in [0.1, 0.15) is 15.5 Å². The summed E-state index contributed by atoms with van der Waals surface area (Å²) in [6.07, 6.45) is 1.69. The molecular weight excluding hydrogens is 388 g/mol. The largest absolute Gasteiger partial charge is 0.497 e. The van der Waals surface area contributed by atoms with E-state index in [4.69, 9.17) is 21.1 Å². The second-order valence-corrected chi connectivity index (χ2v) is 7.04. The van der Waals surface area contributed by atoms with Gasteiger partial charge in [0, 0.05) is 0 Å². The van der Waals surface area contributed by atoms with Crippen molar-refractivity contribution in [3.63, 3.8) is 0 Å². The van der Waals surface area contributed by atoms with Crippen molar-refractivity contribution < 1.29 is 14.3 Å². The number of esters is 1. The minimum absolute atomic E-state index is 0.238. The molecule has 140 valence electrons. The molecule has 0 atom stereocenters. The van der Waals surface area contributed by atoms with Gasteiger partial charge < -0.3 is 14.5 Å². The second-order valence-electron chi connectivity index (χ2n) is 5.64. The first-order chi connectivity index (χ1) is 12.9. The Balaban J connectivity index is 2.03. The van der Waals surface area contributed by atoms with E-state index in [-0.39, 0.29) is 23.0 Å². The topological polar surface area (TPSA) is 81.3 Å². The van der Waals surface area contributed by atoms with Crippen LogP contribution in [-0.4, -0.2) is 29.7 Å². The molecule has 3 aromatic rings. The number of hydrogen-bond donors (Lipinski definition) is 1. The Morgan fingerprint density at radius 2 is 2.04 bits per heavy atom. The summed E-state index contributed by atoms with van der Waals surface area (Å²) >= 11 is 7.48. The van der Waals surface area contributed by atoms with E-state index < -0.39 is 5.97 Å². The smallest absolute Gasteiger partial charge is 0.348 e. The number of thiophene rings is 1. The quantitative estimate of drug-likeness (QED) is 0.644. The highest BCUT2D eigenvalue weighted by Crippen LogP contribution is 2.29. The fourth-order valence-electron chi connectivity index (χ4n) is 2.56. The third kappa shape index (κ3) is 3.89. The molecule has 0 saturated carbocycles. The average molecular weight is 405 g/mol. The number of benzene rings is 1. The lowest BCUT2D eigenvalue weighted by molar-refractivity contribution is 0.0531. The lowest BCUT2D eigenvalue weighted by atomic mass is 10.2. The fraction of sp³-hybridized carbons (Fsp3) is 0.211. The van der Waals surface area contributed by atoms with Crippen LogP contribution in [0.2, 0.25) is 0 Å². The van der Waals surface area contributed by atoms with Crippen molar-refractivity contribution in [2.24, 2.45) is 0 Å². The number of aromatic amines is 1. The van der Waals surface area contributed by atoms with Gasteiger partial charge >= 0.3 is 5.97 Å². The molecule has 0 saturated heterocycles. The Morgan fingerprint density at radius 3 is 2.67 bits per heavy atom. The molecule has 0 unspecified atom stereocenters. The number of methoxy groups -OCH3 is 1. The maximum Gasteiger partial charge on any atom is 0.348 e. The molecule has 0 aliphatic heterocycles. The Labute approximate surface area is 164 Å². The lowest BCUT2D eigenvalue weighted by Crippen LogP contribution is -2.10. The van der Waals surface area contributed by atoms with E-state index in [2.05, 4.69) is 9.97 Å². The number of H-pyrrole nitrogens is 1. The number of aryl methyl sites for hydroxylation is 1. The van der Waals surface area contributed by atoms with Crippen LogP contribution in [0.25, 0.3) is 21.3 Å². The van der Waals surface area contributed by atoms with Gasteiger partial charge in [-0.1, -0.05) is 23.7 Å². The molecule has 2 aromatic heterocycles. The molecule has 2 heterocycles. The molecule has 0 aliphatic rings. The minimum Gasteiger partial charge on any atom is -0.497 e. The number of aromatic nitrogens is 2. The van der Waals surface area contributed by atoms with Crippen LogP contribution in [0.1, 0.15) is 33.5 Å². The zero-order valence-electron chi connectivity index (χ0n) is 15.0. The van der Waals surface area contributed by atoms with E-state index in [0.29, 0.717) is 20.7 Å². The average Bonchev–Trinajstić information content (AvgIpc) is 2.99. The lowest BCUT2D eigenvalue weighted by Gasteiger charge is -2.02. The van der Waals surface area contributed by atoms with Crippen LogP contribution in [0.4, 0.5) is 0 Å². The van der Waals surface area contributed by atoms with Gasteiger partial charge in [-0.15, -0.1) is 11.3 Å². The summed E-state index contributed by atoms with van der Waals surface area (Å²) in [6.45, 7) is 3.70. The molecule has 8 heteroatoms. The van der Waals surface area contributed by atoms with Crippen LogP contribution >= 0.6 is 22.9 Å². The Kier molecular flexibility index (Phi) is 5.62. The SMILES string of the molecule is CCOC(=O)c1sc2nc(/C(Cl)=C/c3ccc(OC)cc3)[nH]c(=O)c2c1C. The molecule has 0 bridgehead atoms. The number of ether oxygens (including phenoxy) is 2. The maximum atomic E-state index is 12.5. The van der Waals surface area contributed by atoms with Gasteiger partial charge in [0.05, 0.1) is 24.1 Å². The molecule has 27 heavy (non-hydrogen) atoms. The van der Waals surface area contributed by atoms with Crippen molar-refractivity contribution in [1.29, 1.82) is 0 Å². The van der Waals surface area contributed by atoms with Crippen molar-refractivity contribution in [1.82, 2.24) is 9.97 Å². The highest BCUT2D eigenvalue weighted by atomic mass is 35.5. The normalized spacial score (nSPS) is 11.6. The van der Waals surface area contributed by atoms with Crippen molar-refractivity contribution in [3.8, 4) is 5.75 Å². The van der Waals surface area contributed by atoms with E-state index in [1.165, 1.54) is 0 Å². The van der Waals surface area contributed by atoms with Gasteiger partial charge in [-0.3, -0.25) is 4.79 Å². The number of fused-ring (bicyclic) bond motifs is 1. The summed E-state index contributed by atoms with van der Waals surface area (Å²) in [5.41, 5.74) is 1.04. The zero-order chi connectivity index (χ0) is 19.6. The van der Waals surface area contributed by atoms with Crippen LogP contribution in [0.3, 0.4) is 0 Å². The van der Waals surface area contributed by atoms with Gasteiger partial charge in [0.15, 0.2) is 5.82 Å². The number of nitrogens with one attached hydrogen (secondary N) is 1. The Morgan fingerprint density at radius 1 is 1.33 bits per heavy atom. The number of halogens is 1. The number of hydrogen-bond acceptors (Lipinski definition) is 6. The van der Waals surface area contributed by atoms with E-state index in [1.807, 2.05) is 24.3 Å². The van der Waals surface area contributed by atoms with Crippen molar-refractivity contribution in [2.75, 3.05) is 13.7 Å². The first-order valence-corrected chi connectivity index (χ1v) is 9.36. The van der Waals surface area contributed by atoms with E-state index in [0.717, 1.165) is 22.6 Å². The molecule has 1 N–H and O–H groups in total. The van der Waals surface area contributed by atoms with Crippen LogP contribution < -0.4 is 10.3 Å². The molecule has 6 nitrogen and oxygen atoms in total. The highest BCUT2D eigenvalue weighted by Gasteiger charge is 2.20. The van der Waals surface area contributed by atoms with Gasteiger partial charge in [-0.2, -0.15) is 0 Å². The van der Waals surface area contributed by atoms with Gasteiger partial charge in [0.25, 0.3) is 5.56 Å². The van der Waals surface area contributed by atoms with Crippen LogP contribution in [0, 0.1) is 6.92 Å². The molecule has 1 aromatic carbocycles. The van der Waals surface area contributed by atoms with Crippen molar-refractivity contribution >= 4 is 50.2 Å². The molecular formula is C19H17ClN2O4S. The molecule has 3 rings (SSSR count). The number of carbonyl (C=O) groups excluding carboxylic acids is 1. The Bertz CT molecular complexity index is 1080. The second kappa shape index (κ2) is 7.94. The summed E-state index contributed by atoms with van der Waals surface area (Å²) < 4.78 is 10.2. The summed E-state index contributed by atoms with van der Waals surface area (Å²) in [7, 11) is 1.59. The monoisotopic (exact) mass is 404 g/mol. The third-order valence-electron chi connectivity index (χ3n) is 3.90. The standard InChI is InChI=1S/C19H17ClN2O4S/c1-4-26-19(24)15-10(2)14-17(23)21-16(22-18(14)27-15)13(20)9-11-5-7-12(25-3)8-6-11/h5-9H,4H2,1-3H3,(H,21,22,23)/b13-9-. The van der Waals surface area contributed by atoms with Gasteiger partial charge in [-0.05, 0) is 43.2 Å². The van der Waals surface area contributed by atoms with Gasteiger partial charge in [0.2, 0.25) is 0 Å². The van der Waals surface area contributed by atoms with Crippen LogP contribution in [0.5, 0.6) is 5.75 Å². The number of rotatable bonds is 5. The summed E-state index contributed by atoms with van der Waals surface area (Å²) in [4.78, 5) is 32.5. The molecule has 0 aliphatic carbocycles. The van der Waals surface area contributed by atoms with Crippen LogP contribution in [0.15, 0.2) is 29.1 Å². The first kappa shape index (κ1) is 19.1. The molecule has 0 spiro atoms. The minimum atomic E-state index is -0.459. The molecule has 0 radical (unpaired) electrons. The number of nitrogens with zero attached hydrogens (tertiary/aromatic N) is 1. The van der Waals surface area contributed by atoms with E-state index in [9.17, 15) is 9.59 Å². The third-order valence-corrected chi connectivity index (χ3v) is 5.35. The van der Waals surface area contributed by atoms with Gasteiger partial charge in [-0.25, -0.2) is 9.78 Å². The van der Waals surface area contributed by atoms with Crippen molar-refractivity contribution in [2.45, 2.75) is 13.8 Å². The van der Waals surface area contributed by atoms with Crippen molar-refractivity contribution in [3.05, 3.63) is 56.4 Å². The fourth-order valence-corrected chi connectivity index (χ4v) is 3.85. The zero-order valence-corrected chi connectivity index (χ0v) is 16.5. The number of carbonyl (C=O) groups is 1. The molecule has 0 amide bonds. The summed E-state index contributed by atoms with van der Waals surface area (Å²) in [5, 5.41) is 0.656.